The maximum absolute atomic E-state index is 13.3. The van der Waals surface area contributed by atoms with E-state index in [1.54, 1.807) is 12.1 Å². The normalized spacial score (nSPS) is 36.0. The molecule has 2 aromatic carbocycles. The molecule has 2 bridgehead atoms. The first kappa shape index (κ1) is 19.3. The maximum atomic E-state index is 13.3. The van der Waals surface area contributed by atoms with Crippen molar-refractivity contribution < 1.29 is 9.59 Å². The van der Waals surface area contributed by atoms with E-state index in [1.165, 1.54) is 0 Å². The van der Waals surface area contributed by atoms with Crippen molar-refractivity contribution in [2.75, 3.05) is 4.90 Å². The highest BCUT2D eigenvalue weighted by molar-refractivity contribution is 6.67. The third-order valence-electron chi connectivity index (χ3n) is 5.90. The Morgan fingerprint density at radius 3 is 1.79 bits per heavy atom. The molecule has 9 heteroatoms. The largest absolute Gasteiger partial charge is 0.274 e. The van der Waals surface area contributed by atoms with Gasteiger partial charge in [-0.3, -0.25) is 9.59 Å². The number of imide groups is 1. The Hall–Kier alpha value is -0.680. The Labute approximate surface area is 190 Å². The number of alkyl halides is 4. The summed E-state index contributed by atoms with van der Waals surface area (Å²) in [5, 5.41) is 1.65. The highest BCUT2D eigenvalue weighted by Crippen LogP contribution is 2.77. The first-order valence-corrected chi connectivity index (χ1v) is 10.5. The van der Waals surface area contributed by atoms with E-state index in [2.05, 4.69) is 0 Å². The molecule has 0 spiro atoms. The molecule has 1 saturated carbocycles. The van der Waals surface area contributed by atoms with Gasteiger partial charge in [-0.15, -0.1) is 23.2 Å². The Kier molecular flexibility index (Phi) is 3.94. The molecule has 0 N–H and O–H groups in total. The Bertz CT molecular complexity index is 1080. The van der Waals surface area contributed by atoms with Gasteiger partial charge in [-0.25, -0.2) is 4.90 Å². The number of hydrogen-bond acceptors (Lipinski definition) is 2. The number of amides is 2. The smallest absolute Gasteiger partial charge is 0.240 e. The third kappa shape index (κ3) is 1.88. The second kappa shape index (κ2) is 5.72. The van der Waals surface area contributed by atoms with Gasteiger partial charge in [-0.2, -0.15) is 0 Å². The molecule has 0 unspecified atom stereocenters. The van der Waals surface area contributed by atoms with E-state index in [4.69, 9.17) is 69.6 Å². The van der Waals surface area contributed by atoms with Gasteiger partial charge in [0.1, 0.15) is 9.75 Å². The van der Waals surface area contributed by atoms with Crippen LogP contribution >= 0.6 is 69.6 Å². The van der Waals surface area contributed by atoms with Crippen molar-refractivity contribution in [1.29, 1.82) is 0 Å². The number of anilines is 1. The van der Waals surface area contributed by atoms with Crippen molar-refractivity contribution in [2.24, 2.45) is 11.8 Å². The number of carbonyl (C=O) groups excluding carboxylic acids is 2. The van der Waals surface area contributed by atoms with Crippen LogP contribution in [0, 0.1) is 11.8 Å². The van der Waals surface area contributed by atoms with Crippen molar-refractivity contribution in [3.8, 4) is 0 Å². The zero-order valence-corrected chi connectivity index (χ0v) is 18.3. The van der Waals surface area contributed by atoms with E-state index in [0.29, 0.717) is 5.69 Å². The molecule has 4 atom stereocenters. The monoisotopic (exact) mass is 493 g/mol. The predicted octanol–water partition coefficient (Wildman–Crippen LogP) is 5.79. The lowest BCUT2D eigenvalue weighted by molar-refractivity contribution is -0.123. The molecule has 28 heavy (non-hydrogen) atoms. The van der Waals surface area contributed by atoms with Crippen LogP contribution in [-0.2, 0) is 9.59 Å². The molecule has 2 aliphatic carbocycles. The number of fused-ring (bicyclic) bond motifs is 6. The summed E-state index contributed by atoms with van der Waals surface area (Å²) in [7, 11) is 0. The fraction of sp³-hybridized carbons (Fsp3) is 0.263. The van der Waals surface area contributed by atoms with E-state index in [1.807, 2.05) is 30.3 Å². The van der Waals surface area contributed by atoms with Crippen LogP contribution in [0.4, 0.5) is 5.69 Å². The van der Waals surface area contributed by atoms with Crippen molar-refractivity contribution in [3.63, 3.8) is 0 Å². The van der Waals surface area contributed by atoms with Crippen LogP contribution in [-0.4, -0.2) is 25.9 Å². The molecule has 3 aliphatic rings. The van der Waals surface area contributed by atoms with Crippen LogP contribution in [0.25, 0.3) is 10.8 Å². The van der Waals surface area contributed by atoms with Crippen LogP contribution in [0.5, 0.6) is 0 Å². The molecule has 3 nitrogen and oxygen atoms in total. The molecule has 1 heterocycles. The first-order chi connectivity index (χ1) is 13.1. The van der Waals surface area contributed by atoms with Gasteiger partial charge >= 0.3 is 0 Å². The van der Waals surface area contributed by atoms with E-state index in [0.717, 1.165) is 15.7 Å². The Morgan fingerprint density at radius 1 is 0.750 bits per heavy atom. The molecular formula is C19H9Cl6NO2. The van der Waals surface area contributed by atoms with Crippen molar-refractivity contribution >= 4 is 97.9 Å². The minimum atomic E-state index is -1.92. The van der Waals surface area contributed by atoms with E-state index in [9.17, 15) is 9.59 Å². The second-order valence-electron chi connectivity index (χ2n) is 7.12. The molecule has 2 fully saturated rings. The number of hydrogen-bond donors (Lipinski definition) is 0. The van der Waals surface area contributed by atoms with Crippen LogP contribution in [0.15, 0.2) is 52.5 Å². The van der Waals surface area contributed by atoms with Gasteiger partial charge in [0.05, 0.1) is 27.6 Å². The molecule has 5 rings (SSSR count). The van der Waals surface area contributed by atoms with Gasteiger partial charge in [-0.1, -0.05) is 76.7 Å². The summed E-state index contributed by atoms with van der Waals surface area (Å²) in [4.78, 5) is 24.1. The lowest BCUT2D eigenvalue weighted by Crippen LogP contribution is -2.50. The molecule has 2 aromatic rings. The van der Waals surface area contributed by atoms with Gasteiger partial charge in [0.2, 0.25) is 11.8 Å². The van der Waals surface area contributed by atoms with Crippen LogP contribution in [0.1, 0.15) is 0 Å². The molecule has 1 saturated heterocycles. The summed E-state index contributed by atoms with van der Waals surface area (Å²) >= 11 is 39.0. The fourth-order valence-electron chi connectivity index (χ4n) is 4.57. The summed E-state index contributed by atoms with van der Waals surface area (Å²) in [6.07, 6.45) is 0. The summed E-state index contributed by atoms with van der Waals surface area (Å²) in [5.74, 6) is -3.38. The van der Waals surface area contributed by atoms with Gasteiger partial charge in [0.15, 0.2) is 4.33 Å². The van der Waals surface area contributed by atoms with Gasteiger partial charge in [0.25, 0.3) is 0 Å². The predicted molar refractivity (Wildman–Crippen MR) is 114 cm³/mol. The zero-order chi connectivity index (χ0) is 20.2. The average Bonchev–Trinajstić information content (AvgIpc) is 3.05. The lowest BCUT2D eigenvalue weighted by atomic mass is 9.84. The van der Waals surface area contributed by atoms with Gasteiger partial charge < -0.3 is 0 Å². The van der Waals surface area contributed by atoms with Gasteiger partial charge in [0, 0.05) is 0 Å². The third-order valence-corrected chi connectivity index (χ3v) is 10.2. The Balaban J connectivity index is 1.68. The summed E-state index contributed by atoms with van der Waals surface area (Å²) in [6, 6.07) is 12.9. The van der Waals surface area contributed by atoms with Crippen molar-refractivity contribution in [2.45, 2.75) is 14.1 Å². The summed E-state index contributed by atoms with van der Waals surface area (Å²) in [6.45, 7) is 0. The number of carbonyl (C=O) groups is 2. The first-order valence-electron chi connectivity index (χ1n) is 8.27. The van der Waals surface area contributed by atoms with E-state index in [-0.39, 0.29) is 10.1 Å². The highest BCUT2D eigenvalue weighted by atomic mass is 35.5. The topological polar surface area (TPSA) is 37.4 Å². The molecule has 1 aliphatic heterocycles. The minimum Gasteiger partial charge on any atom is -0.274 e. The van der Waals surface area contributed by atoms with E-state index < -0.39 is 37.7 Å². The molecule has 0 radical (unpaired) electrons. The van der Waals surface area contributed by atoms with Crippen LogP contribution in [0.3, 0.4) is 0 Å². The molecule has 0 aromatic heterocycles. The lowest BCUT2D eigenvalue weighted by Gasteiger charge is -2.34. The number of rotatable bonds is 1. The highest BCUT2D eigenvalue weighted by Gasteiger charge is 2.87. The molecule has 144 valence electrons. The molecule has 2 amide bonds. The number of allylic oxidation sites excluding steroid dienone is 2. The van der Waals surface area contributed by atoms with Crippen molar-refractivity contribution in [1.82, 2.24) is 0 Å². The number of benzene rings is 2. The zero-order valence-electron chi connectivity index (χ0n) is 13.7. The molecular weight excluding hydrogens is 487 g/mol. The number of nitrogens with zero attached hydrogens (tertiary/aromatic N) is 1. The second-order valence-corrected chi connectivity index (χ2v) is 10.4. The van der Waals surface area contributed by atoms with Crippen molar-refractivity contribution in [3.05, 3.63) is 52.5 Å². The quantitative estimate of drug-likeness (QED) is 0.371. The maximum Gasteiger partial charge on any atom is 0.240 e. The average molecular weight is 496 g/mol. The van der Waals surface area contributed by atoms with E-state index >= 15 is 0 Å². The fourth-order valence-corrected chi connectivity index (χ4v) is 7.49. The number of halogens is 6. The van der Waals surface area contributed by atoms with Gasteiger partial charge in [-0.05, 0) is 22.9 Å². The Morgan fingerprint density at radius 2 is 1.25 bits per heavy atom. The minimum absolute atomic E-state index is 0.0985. The SMILES string of the molecule is O=C1[C@@H]2[C@H](C(=O)N1c1ccc3ccccc3c1)[C@]1(Cl)C(Cl)=C(Cl)[C@]2(Cl)C1(Cl)Cl. The summed E-state index contributed by atoms with van der Waals surface area (Å²) < 4.78 is -1.92. The summed E-state index contributed by atoms with van der Waals surface area (Å²) in [5.41, 5.74) is 0.407. The van der Waals surface area contributed by atoms with Crippen LogP contribution < -0.4 is 4.90 Å². The van der Waals surface area contributed by atoms with Crippen LogP contribution in [0.2, 0.25) is 0 Å². The standard InChI is InChI=1S/C19H9Cl6NO2/c20-13-14(21)18(23)12-11(17(13,22)19(18,24)25)15(27)26(16(12)28)10-6-5-8-3-1-2-4-9(8)7-10/h1-7,11-12H/t11-,12+,17-,18-/m0/s1.